The summed E-state index contributed by atoms with van der Waals surface area (Å²) < 4.78 is 6.52. The van der Waals surface area contributed by atoms with Crippen LogP contribution in [0.15, 0.2) is 35.3 Å². The molecule has 2 aromatic rings. The standard InChI is InChI=1S/C14H14N2O4/c1-9-5-6-11(14(18)19)13(17)16(9)8-10-4-3-7-15-12(10)20-2/h3-7H,8H2,1-2H3,(H,18,19). The molecular formula is C14H14N2O4. The first-order valence-corrected chi connectivity index (χ1v) is 5.96. The molecule has 2 aromatic heterocycles. The quantitative estimate of drug-likeness (QED) is 0.909. The van der Waals surface area contributed by atoms with Crippen LogP contribution in [-0.4, -0.2) is 27.7 Å². The van der Waals surface area contributed by atoms with Gasteiger partial charge in [-0.15, -0.1) is 0 Å². The molecule has 0 aliphatic rings. The number of nitrogens with zero attached hydrogens (tertiary/aromatic N) is 2. The molecular weight excluding hydrogens is 260 g/mol. The fraction of sp³-hybridized carbons (Fsp3) is 0.214. The van der Waals surface area contributed by atoms with Crippen LogP contribution in [0.5, 0.6) is 5.88 Å². The first kappa shape index (κ1) is 13.8. The van der Waals surface area contributed by atoms with E-state index in [2.05, 4.69) is 4.98 Å². The van der Waals surface area contributed by atoms with E-state index in [-0.39, 0.29) is 12.1 Å². The van der Waals surface area contributed by atoms with E-state index in [4.69, 9.17) is 9.84 Å². The summed E-state index contributed by atoms with van der Waals surface area (Å²) in [5.74, 6) is -0.818. The van der Waals surface area contributed by atoms with Gasteiger partial charge in [0, 0.05) is 17.5 Å². The van der Waals surface area contributed by atoms with Crippen molar-refractivity contribution in [3.05, 3.63) is 57.6 Å². The zero-order chi connectivity index (χ0) is 14.7. The number of rotatable bonds is 4. The summed E-state index contributed by atoms with van der Waals surface area (Å²) in [5.41, 5.74) is 0.593. The maximum Gasteiger partial charge on any atom is 0.341 e. The second kappa shape index (κ2) is 5.56. The summed E-state index contributed by atoms with van der Waals surface area (Å²) in [7, 11) is 1.50. The number of pyridine rings is 2. The van der Waals surface area contributed by atoms with Gasteiger partial charge in [-0.2, -0.15) is 0 Å². The molecule has 0 atom stereocenters. The molecule has 0 bridgehead atoms. The van der Waals surface area contributed by atoms with E-state index in [1.165, 1.54) is 17.7 Å². The summed E-state index contributed by atoms with van der Waals surface area (Å²) in [6, 6.07) is 6.44. The van der Waals surface area contributed by atoms with E-state index in [0.717, 1.165) is 0 Å². The van der Waals surface area contributed by atoms with Gasteiger partial charge >= 0.3 is 5.97 Å². The van der Waals surface area contributed by atoms with Crippen LogP contribution in [0.4, 0.5) is 0 Å². The van der Waals surface area contributed by atoms with Crippen LogP contribution in [0, 0.1) is 6.92 Å². The summed E-state index contributed by atoms with van der Waals surface area (Å²) in [6.07, 6.45) is 1.59. The third-order valence-electron chi connectivity index (χ3n) is 2.99. The maximum absolute atomic E-state index is 12.2. The molecule has 0 saturated heterocycles. The molecule has 0 radical (unpaired) electrons. The number of hydrogen-bond donors (Lipinski definition) is 1. The van der Waals surface area contributed by atoms with Gasteiger partial charge < -0.3 is 14.4 Å². The zero-order valence-electron chi connectivity index (χ0n) is 11.2. The molecule has 6 nitrogen and oxygen atoms in total. The Labute approximate surface area is 115 Å². The summed E-state index contributed by atoms with van der Waals surface area (Å²) in [4.78, 5) is 27.2. The molecule has 0 amide bonds. The number of carboxylic acids is 1. The van der Waals surface area contributed by atoms with Crippen LogP contribution in [0.2, 0.25) is 0 Å². The molecule has 0 aliphatic carbocycles. The van der Waals surface area contributed by atoms with E-state index >= 15 is 0 Å². The lowest BCUT2D eigenvalue weighted by Gasteiger charge is -2.12. The van der Waals surface area contributed by atoms with Crippen LogP contribution in [0.25, 0.3) is 0 Å². The highest BCUT2D eigenvalue weighted by atomic mass is 16.5. The van der Waals surface area contributed by atoms with Gasteiger partial charge in [0.05, 0.1) is 13.7 Å². The van der Waals surface area contributed by atoms with Gasteiger partial charge in [-0.25, -0.2) is 9.78 Å². The molecule has 6 heteroatoms. The van der Waals surface area contributed by atoms with Crippen molar-refractivity contribution in [3.8, 4) is 5.88 Å². The molecule has 20 heavy (non-hydrogen) atoms. The van der Waals surface area contributed by atoms with Crippen LogP contribution in [0.1, 0.15) is 21.6 Å². The highest BCUT2D eigenvalue weighted by Gasteiger charge is 2.14. The Balaban J connectivity index is 2.51. The highest BCUT2D eigenvalue weighted by molar-refractivity contribution is 5.87. The first-order valence-electron chi connectivity index (χ1n) is 5.96. The van der Waals surface area contributed by atoms with Gasteiger partial charge in [-0.1, -0.05) is 6.07 Å². The Morgan fingerprint density at radius 3 is 2.80 bits per heavy atom. The second-order valence-electron chi connectivity index (χ2n) is 4.26. The number of aromatic nitrogens is 2. The van der Waals surface area contributed by atoms with Gasteiger partial charge in [0.1, 0.15) is 5.56 Å². The molecule has 0 unspecified atom stereocenters. The van der Waals surface area contributed by atoms with E-state index < -0.39 is 11.5 Å². The minimum absolute atomic E-state index is 0.211. The topological polar surface area (TPSA) is 81.4 Å². The molecule has 2 heterocycles. The lowest BCUT2D eigenvalue weighted by atomic mass is 10.2. The molecule has 0 aromatic carbocycles. The first-order chi connectivity index (χ1) is 9.54. The highest BCUT2D eigenvalue weighted by Crippen LogP contribution is 2.15. The van der Waals surface area contributed by atoms with Gasteiger partial charge in [0.2, 0.25) is 5.88 Å². The molecule has 0 aliphatic heterocycles. The Kier molecular flexibility index (Phi) is 3.84. The smallest absolute Gasteiger partial charge is 0.341 e. The van der Waals surface area contributed by atoms with Gasteiger partial charge in [-0.05, 0) is 25.1 Å². The van der Waals surface area contributed by atoms with Crippen molar-refractivity contribution in [1.82, 2.24) is 9.55 Å². The van der Waals surface area contributed by atoms with Gasteiger partial charge in [-0.3, -0.25) is 4.79 Å². The average molecular weight is 274 g/mol. The number of hydrogen-bond acceptors (Lipinski definition) is 4. The molecule has 0 fully saturated rings. The third-order valence-corrected chi connectivity index (χ3v) is 2.99. The summed E-state index contributed by atoms with van der Waals surface area (Å²) in [6.45, 7) is 1.96. The molecule has 1 N–H and O–H groups in total. The van der Waals surface area contributed by atoms with Crippen molar-refractivity contribution in [2.75, 3.05) is 7.11 Å². The average Bonchev–Trinajstić information content (AvgIpc) is 2.43. The summed E-state index contributed by atoms with van der Waals surface area (Å²) in [5, 5.41) is 9.00. The lowest BCUT2D eigenvalue weighted by molar-refractivity contribution is 0.0694. The Morgan fingerprint density at radius 1 is 1.40 bits per heavy atom. The summed E-state index contributed by atoms with van der Waals surface area (Å²) >= 11 is 0. The van der Waals surface area contributed by atoms with Crippen molar-refractivity contribution in [3.63, 3.8) is 0 Å². The number of aryl methyl sites for hydroxylation is 1. The van der Waals surface area contributed by atoms with Crippen molar-refractivity contribution < 1.29 is 14.6 Å². The molecule has 2 rings (SSSR count). The molecule has 0 saturated carbocycles. The van der Waals surface area contributed by atoms with E-state index in [0.29, 0.717) is 17.1 Å². The fourth-order valence-corrected chi connectivity index (χ4v) is 1.93. The monoisotopic (exact) mass is 274 g/mol. The third kappa shape index (κ3) is 2.54. The molecule has 104 valence electrons. The minimum Gasteiger partial charge on any atom is -0.481 e. The zero-order valence-corrected chi connectivity index (χ0v) is 11.2. The number of aromatic carboxylic acids is 1. The lowest BCUT2D eigenvalue weighted by Crippen LogP contribution is -2.28. The predicted octanol–water partition coefficient (Wildman–Crippen LogP) is 1.31. The van der Waals surface area contributed by atoms with Crippen molar-refractivity contribution >= 4 is 5.97 Å². The van der Waals surface area contributed by atoms with Crippen LogP contribution < -0.4 is 10.3 Å². The number of carbonyl (C=O) groups is 1. The van der Waals surface area contributed by atoms with Crippen molar-refractivity contribution in [2.24, 2.45) is 0 Å². The maximum atomic E-state index is 12.2. The van der Waals surface area contributed by atoms with Crippen molar-refractivity contribution in [1.29, 1.82) is 0 Å². The number of methoxy groups -OCH3 is 1. The Bertz CT molecular complexity index is 707. The van der Waals surface area contributed by atoms with E-state index in [1.807, 2.05) is 0 Å². The Hall–Kier alpha value is -2.63. The number of carboxylic acid groups (broad SMARTS) is 1. The Morgan fingerprint density at radius 2 is 2.15 bits per heavy atom. The molecule has 0 spiro atoms. The van der Waals surface area contributed by atoms with Crippen LogP contribution in [0.3, 0.4) is 0 Å². The second-order valence-corrected chi connectivity index (χ2v) is 4.26. The SMILES string of the molecule is COc1ncccc1Cn1c(C)ccc(C(=O)O)c1=O. The minimum atomic E-state index is -1.23. The van der Waals surface area contributed by atoms with Crippen LogP contribution >= 0.6 is 0 Å². The van der Waals surface area contributed by atoms with Gasteiger partial charge in [0.25, 0.3) is 5.56 Å². The van der Waals surface area contributed by atoms with Crippen LogP contribution in [-0.2, 0) is 6.54 Å². The number of ether oxygens (including phenoxy) is 1. The van der Waals surface area contributed by atoms with Gasteiger partial charge in [0.15, 0.2) is 0 Å². The normalized spacial score (nSPS) is 10.3. The largest absolute Gasteiger partial charge is 0.481 e. The van der Waals surface area contributed by atoms with E-state index in [1.54, 1.807) is 31.3 Å². The fourth-order valence-electron chi connectivity index (χ4n) is 1.93. The van der Waals surface area contributed by atoms with Crippen molar-refractivity contribution in [2.45, 2.75) is 13.5 Å². The van der Waals surface area contributed by atoms with E-state index in [9.17, 15) is 9.59 Å². The predicted molar refractivity (Wildman–Crippen MR) is 72.3 cm³/mol.